The van der Waals surface area contributed by atoms with Gasteiger partial charge in [-0.3, -0.25) is 0 Å². The maximum absolute atomic E-state index is 2.54. The van der Waals surface area contributed by atoms with Crippen LogP contribution in [-0.2, 0) is 0 Å². The number of hydrogen-bond acceptors (Lipinski definition) is 0. The Morgan fingerprint density at radius 2 is 1.27 bits per heavy atom. The molecular weight excluding hydrogens is 180 g/mol. The highest BCUT2D eigenvalue weighted by Gasteiger charge is 2.03. The van der Waals surface area contributed by atoms with Gasteiger partial charge >= 0.3 is 0 Å². The van der Waals surface area contributed by atoms with Crippen LogP contribution in [0.25, 0.3) is 0 Å². The summed E-state index contributed by atoms with van der Waals surface area (Å²) in [6, 6.07) is 0. The number of rotatable bonds is 0. The Morgan fingerprint density at radius 1 is 0.733 bits per heavy atom. The Labute approximate surface area is 96.8 Å². The van der Waals surface area contributed by atoms with Gasteiger partial charge in [0.2, 0.25) is 0 Å². The van der Waals surface area contributed by atoms with Crippen LogP contribution >= 0.6 is 0 Å². The van der Waals surface area contributed by atoms with Crippen LogP contribution < -0.4 is 0 Å². The first-order chi connectivity index (χ1) is 7.39. The van der Waals surface area contributed by atoms with E-state index in [2.05, 4.69) is 13.3 Å². The highest BCUT2D eigenvalue weighted by Crippen LogP contribution is 2.19. The van der Waals surface area contributed by atoms with E-state index in [4.69, 9.17) is 0 Å². The first-order valence-corrected chi connectivity index (χ1v) is 7.21. The van der Waals surface area contributed by atoms with Crippen LogP contribution in [0.1, 0.15) is 84.0 Å². The Hall–Kier alpha value is 0. The third-order valence-corrected chi connectivity index (χ3v) is 3.67. The molecule has 0 aliphatic heterocycles. The van der Waals surface area contributed by atoms with Gasteiger partial charge in [-0.2, -0.15) is 0 Å². The summed E-state index contributed by atoms with van der Waals surface area (Å²) in [6.45, 7) is 2.42. The normalized spacial score (nSPS) is 24.6. The van der Waals surface area contributed by atoms with Crippen LogP contribution in [-0.4, -0.2) is 0 Å². The average Bonchev–Trinajstić information content (AvgIpc) is 2.24. The average molecular weight is 209 g/mol. The van der Waals surface area contributed by atoms with E-state index in [1.807, 2.05) is 0 Å². The van der Waals surface area contributed by atoms with Crippen LogP contribution in [0.5, 0.6) is 0 Å². The quantitative estimate of drug-likeness (QED) is 0.492. The van der Waals surface area contributed by atoms with E-state index < -0.39 is 0 Å². The van der Waals surface area contributed by atoms with Crippen molar-refractivity contribution >= 4 is 0 Å². The molecule has 0 N–H and O–H groups in total. The Bertz CT molecular complexity index is 114. The van der Waals surface area contributed by atoms with E-state index >= 15 is 0 Å². The van der Waals surface area contributed by atoms with Crippen molar-refractivity contribution < 1.29 is 0 Å². The lowest BCUT2D eigenvalue weighted by atomic mass is 9.95. The fourth-order valence-electron chi connectivity index (χ4n) is 2.54. The van der Waals surface area contributed by atoms with Crippen molar-refractivity contribution in [3.05, 3.63) is 6.42 Å². The molecule has 0 heterocycles. The highest BCUT2D eigenvalue weighted by atomic mass is 14.1. The van der Waals surface area contributed by atoms with E-state index in [-0.39, 0.29) is 0 Å². The molecule has 0 spiro atoms. The molecule has 0 saturated heterocycles. The van der Waals surface area contributed by atoms with Gasteiger partial charge in [0, 0.05) is 0 Å². The summed E-state index contributed by atoms with van der Waals surface area (Å²) in [5.74, 6) is 0.938. The van der Waals surface area contributed by atoms with E-state index in [1.165, 1.54) is 77.0 Å². The van der Waals surface area contributed by atoms with E-state index in [1.54, 1.807) is 0 Å². The molecule has 1 atom stereocenters. The summed E-state index contributed by atoms with van der Waals surface area (Å²) >= 11 is 0. The zero-order valence-electron chi connectivity index (χ0n) is 10.6. The van der Waals surface area contributed by atoms with Gasteiger partial charge in [0.25, 0.3) is 0 Å². The Kier molecular flexibility index (Phi) is 8.05. The Morgan fingerprint density at radius 3 is 1.93 bits per heavy atom. The fraction of sp³-hybridized carbons (Fsp3) is 0.933. The molecule has 0 heteroatoms. The SMILES string of the molecule is CC1C[CH]CCCCCCCCCCC1. The van der Waals surface area contributed by atoms with Gasteiger partial charge in [0.1, 0.15) is 0 Å². The summed E-state index contributed by atoms with van der Waals surface area (Å²) in [7, 11) is 0. The third-order valence-electron chi connectivity index (χ3n) is 3.67. The smallest absolute Gasteiger partial charge is 0.0383 e. The molecule has 0 bridgehead atoms. The molecule has 1 radical (unpaired) electrons. The van der Waals surface area contributed by atoms with Crippen LogP contribution in [0.2, 0.25) is 0 Å². The van der Waals surface area contributed by atoms with Crippen molar-refractivity contribution in [1.82, 2.24) is 0 Å². The Balaban J connectivity index is 2.10. The minimum absolute atomic E-state index is 0.938. The predicted octanol–water partition coefficient (Wildman–Crippen LogP) is 5.52. The van der Waals surface area contributed by atoms with Crippen molar-refractivity contribution in [3.8, 4) is 0 Å². The van der Waals surface area contributed by atoms with Gasteiger partial charge < -0.3 is 0 Å². The molecular formula is C15H29. The molecule has 1 rings (SSSR count). The molecule has 0 aromatic rings. The summed E-state index contributed by atoms with van der Waals surface area (Å²) in [5.41, 5.74) is 0. The standard InChI is InChI=1S/C15H29/c1-15-13-11-9-7-5-3-2-4-6-8-10-12-14-15/h11,15H,2-10,12-14H2,1H3. The largest absolute Gasteiger partial charge is 0.0625 e. The zero-order chi connectivity index (χ0) is 10.8. The third kappa shape index (κ3) is 7.88. The van der Waals surface area contributed by atoms with Crippen LogP contribution in [0.4, 0.5) is 0 Å². The predicted molar refractivity (Wildman–Crippen MR) is 68.9 cm³/mol. The van der Waals surface area contributed by atoms with Crippen LogP contribution in [0.3, 0.4) is 0 Å². The van der Waals surface area contributed by atoms with Crippen LogP contribution in [0.15, 0.2) is 0 Å². The topological polar surface area (TPSA) is 0 Å². The van der Waals surface area contributed by atoms with Crippen molar-refractivity contribution in [2.24, 2.45) is 5.92 Å². The molecule has 1 aliphatic carbocycles. The molecule has 0 aromatic carbocycles. The van der Waals surface area contributed by atoms with Gasteiger partial charge in [-0.05, 0) is 18.8 Å². The van der Waals surface area contributed by atoms with E-state index in [0.29, 0.717) is 0 Å². The summed E-state index contributed by atoms with van der Waals surface area (Å²) < 4.78 is 0. The second kappa shape index (κ2) is 9.24. The van der Waals surface area contributed by atoms with Crippen molar-refractivity contribution in [2.75, 3.05) is 0 Å². The first-order valence-electron chi connectivity index (χ1n) is 7.21. The van der Waals surface area contributed by atoms with E-state index in [9.17, 15) is 0 Å². The summed E-state index contributed by atoms with van der Waals surface area (Å²) in [5, 5.41) is 0. The van der Waals surface area contributed by atoms with Gasteiger partial charge in [-0.25, -0.2) is 0 Å². The molecule has 1 saturated carbocycles. The molecule has 0 nitrogen and oxygen atoms in total. The lowest BCUT2D eigenvalue weighted by Crippen LogP contribution is -1.96. The van der Waals surface area contributed by atoms with Crippen LogP contribution in [0, 0.1) is 12.3 Å². The van der Waals surface area contributed by atoms with Gasteiger partial charge in [-0.1, -0.05) is 77.6 Å². The summed E-state index contributed by atoms with van der Waals surface area (Å²) in [6.07, 6.45) is 20.0. The van der Waals surface area contributed by atoms with Gasteiger partial charge in [0.15, 0.2) is 0 Å². The van der Waals surface area contributed by atoms with Gasteiger partial charge in [0.05, 0.1) is 0 Å². The molecule has 0 aromatic heterocycles. The van der Waals surface area contributed by atoms with Crippen molar-refractivity contribution in [1.29, 1.82) is 0 Å². The molecule has 89 valence electrons. The maximum Gasteiger partial charge on any atom is -0.0383 e. The first kappa shape index (κ1) is 13.1. The second-order valence-electron chi connectivity index (χ2n) is 5.39. The lowest BCUT2D eigenvalue weighted by Gasteiger charge is -2.11. The molecule has 1 unspecified atom stereocenters. The fourth-order valence-corrected chi connectivity index (χ4v) is 2.54. The lowest BCUT2D eigenvalue weighted by molar-refractivity contribution is 0.461. The molecule has 1 aliphatic rings. The molecule has 15 heavy (non-hydrogen) atoms. The second-order valence-corrected chi connectivity index (χ2v) is 5.39. The van der Waals surface area contributed by atoms with Gasteiger partial charge in [-0.15, -0.1) is 0 Å². The summed E-state index contributed by atoms with van der Waals surface area (Å²) in [4.78, 5) is 0. The maximum atomic E-state index is 2.54. The van der Waals surface area contributed by atoms with Crippen molar-refractivity contribution in [3.63, 3.8) is 0 Å². The minimum atomic E-state index is 0.938. The van der Waals surface area contributed by atoms with E-state index in [0.717, 1.165) is 5.92 Å². The zero-order valence-corrected chi connectivity index (χ0v) is 10.6. The minimum Gasteiger partial charge on any atom is -0.0625 e. The highest BCUT2D eigenvalue weighted by molar-refractivity contribution is 4.69. The monoisotopic (exact) mass is 209 g/mol. The molecule has 1 fully saturated rings. The molecule has 0 amide bonds. The number of hydrogen-bond donors (Lipinski definition) is 0. The van der Waals surface area contributed by atoms with Crippen molar-refractivity contribution in [2.45, 2.75) is 84.0 Å².